The number of carbonyl (C=O) groups is 2. The van der Waals surface area contributed by atoms with Gasteiger partial charge in [0.05, 0.1) is 12.1 Å². The highest BCUT2D eigenvalue weighted by atomic mass is 35.5. The van der Waals surface area contributed by atoms with Crippen molar-refractivity contribution in [3.8, 4) is 11.8 Å². The summed E-state index contributed by atoms with van der Waals surface area (Å²) in [6, 6.07) is 14.9. The Labute approximate surface area is 149 Å². The molecule has 2 aromatic carbocycles. The Bertz CT molecular complexity index is 858. The van der Waals surface area contributed by atoms with Crippen LogP contribution in [0.4, 0.5) is 5.69 Å². The molecule has 7 heteroatoms. The van der Waals surface area contributed by atoms with Gasteiger partial charge < -0.3 is 10.4 Å². The average molecular weight is 356 g/mol. The molecule has 126 valence electrons. The molecular formula is C18H14ClN3O3. The summed E-state index contributed by atoms with van der Waals surface area (Å²) in [5, 5.41) is 23.9. The number of nitrogens with one attached hydrogen (secondary N) is 2. The number of carbonyl (C=O) groups excluding carboxylic acids is 2. The van der Waals surface area contributed by atoms with Crippen LogP contribution in [0, 0.1) is 11.3 Å². The lowest BCUT2D eigenvalue weighted by Gasteiger charge is -2.06. The molecule has 0 aliphatic rings. The van der Waals surface area contributed by atoms with Gasteiger partial charge in [0.1, 0.15) is 17.4 Å². The Morgan fingerprint density at radius 1 is 1.20 bits per heavy atom. The first-order chi connectivity index (χ1) is 12.0. The molecule has 0 saturated carbocycles. The summed E-state index contributed by atoms with van der Waals surface area (Å²) in [5.74, 6) is -1.46. The van der Waals surface area contributed by atoms with E-state index in [1.165, 1.54) is 18.2 Å². The van der Waals surface area contributed by atoms with Gasteiger partial charge in [-0.1, -0.05) is 41.9 Å². The highest BCUT2D eigenvalue weighted by Crippen LogP contribution is 2.26. The zero-order valence-electron chi connectivity index (χ0n) is 13.0. The first kappa shape index (κ1) is 18.0. The van der Waals surface area contributed by atoms with Crippen LogP contribution in [0.2, 0.25) is 5.02 Å². The fourth-order valence-corrected chi connectivity index (χ4v) is 2.11. The molecule has 0 heterocycles. The molecule has 0 fully saturated rings. The Kier molecular flexibility index (Phi) is 6.15. The van der Waals surface area contributed by atoms with Gasteiger partial charge in [-0.15, -0.1) is 0 Å². The van der Waals surface area contributed by atoms with Crippen LogP contribution in [-0.4, -0.2) is 16.9 Å². The van der Waals surface area contributed by atoms with E-state index in [2.05, 4.69) is 10.6 Å². The molecule has 2 amide bonds. The zero-order valence-corrected chi connectivity index (χ0v) is 13.7. The molecule has 0 aliphatic heterocycles. The van der Waals surface area contributed by atoms with Crippen molar-refractivity contribution in [2.45, 2.75) is 6.42 Å². The van der Waals surface area contributed by atoms with Gasteiger partial charge in [0, 0.05) is 11.2 Å². The third-order valence-electron chi connectivity index (χ3n) is 3.16. The lowest BCUT2D eigenvalue weighted by atomic mass is 10.1. The number of aromatic hydroxyl groups is 1. The molecule has 0 atom stereocenters. The van der Waals surface area contributed by atoms with E-state index < -0.39 is 11.8 Å². The van der Waals surface area contributed by atoms with Crippen LogP contribution >= 0.6 is 11.6 Å². The summed E-state index contributed by atoms with van der Waals surface area (Å²) in [4.78, 5) is 23.9. The molecule has 0 radical (unpaired) electrons. The normalized spacial score (nSPS) is 10.6. The van der Waals surface area contributed by atoms with Gasteiger partial charge in [0.25, 0.3) is 5.91 Å². The van der Waals surface area contributed by atoms with Gasteiger partial charge in [-0.3, -0.25) is 14.9 Å². The highest BCUT2D eigenvalue weighted by Gasteiger charge is 2.13. The summed E-state index contributed by atoms with van der Waals surface area (Å²) in [6.07, 6.45) is 1.12. The minimum absolute atomic E-state index is 0.0216. The lowest BCUT2D eigenvalue weighted by Crippen LogP contribution is -2.32. The fourth-order valence-electron chi connectivity index (χ4n) is 1.94. The molecule has 0 saturated heterocycles. The van der Waals surface area contributed by atoms with Crippen LogP contribution in [0.25, 0.3) is 0 Å². The van der Waals surface area contributed by atoms with E-state index in [4.69, 9.17) is 16.9 Å². The van der Waals surface area contributed by atoms with E-state index in [0.29, 0.717) is 5.02 Å². The van der Waals surface area contributed by atoms with Crippen molar-refractivity contribution in [2.75, 3.05) is 5.32 Å². The van der Waals surface area contributed by atoms with Crippen LogP contribution in [-0.2, 0) is 16.0 Å². The number of nitrogens with zero attached hydrogens (tertiary/aromatic N) is 1. The van der Waals surface area contributed by atoms with E-state index in [-0.39, 0.29) is 23.4 Å². The largest absolute Gasteiger partial charge is 0.506 e. The first-order valence-corrected chi connectivity index (χ1v) is 7.61. The van der Waals surface area contributed by atoms with E-state index in [9.17, 15) is 14.7 Å². The van der Waals surface area contributed by atoms with Crippen molar-refractivity contribution in [1.29, 1.82) is 5.26 Å². The summed E-state index contributed by atoms with van der Waals surface area (Å²) >= 11 is 5.81. The predicted molar refractivity (Wildman–Crippen MR) is 93.7 cm³/mol. The van der Waals surface area contributed by atoms with Crippen LogP contribution in [0.1, 0.15) is 5.56 Å². The van der Waals surface area contributed by atoms with Gasteiger partial charge >= 0.3 is 0 Å². The summed E-state index contributed by atoms with van der Waals surface area (Å²) < 4.78 is 0. The molecule has 0 aliphatic carbocycles. The van der Waals surface area contributed by atoms with Gasteiger partial charge in [-0.25, -0.2) is 0 Å². The topological polar surface area (TPSA) is 102 Å². The quantitative estimate of drug-likeness (QED) is 0.435. The summed E-state index contributed by atoms with van der Waals surface area (Å²) in [7, 11) is 0. The van der Waals surface area contributed by atoms with E-state index >= 15 is 0 Å². The summed E-state index contributed by atoms with van der Waals surface area (Å²) in [6.45, 7) is 0. The Morgan fingerprint density at radius 3 is 2.60 bits per heavy atom. The lowest BCUT2D eigenvalue weighted by molar-refractivity contribution is -0.127. The molecule has 0 bridgehead atoms. The highest BCUT2D eigenvalue weighted by molar-refractivity contribution is 6.30. The summed E-state index contributed by atoms with van der Waals surface area (Å²) in [5.41, 5.74) is 0.654. The minimum atomic E-state index is -0.836. The van der Waals surface area contributed by atoms with Crippen molar-refractivity contribution in [2.24, 2.45) is 0 Å². The number of halogens is 1. The van der Waals surface area contributed by atoms with Gasteiger partial charge in [-0.2, -0.15) is 5.26 Å². The number of anilines is 1. The third-order valence-corrected chi connectivity index (χ3v) is 3.39. The minimum Gasteiger partial charge on any atom is -0.506 e. The molecule has 0 unspecified atom stereocenters. The van der Waals surface area contributed by atoms with Crippen LogP contribution in [0.3, 0.4) is 0 Å². The maximum Gasteiger partial charge on any atom is 0.270 e. The Balaban J connectivity index is 2.01. The molecular weight excluding hydrogens is 342 g/mol. The van der Waals surface area contributed by atoms with Crippen molar-refractivity contribution < 1.29 is 14.7 Å². The first-order valence-electron chi connectivity index (χ1n) is 7.23. The molecule has 0 aromatic heterocycles. The van der Waals surface area contributed by atoms with E-state index in [0.717, 1.165) is 11.8 Å². The van der Waals surface area contributed by atoms with Crippen molar-refractivity contribution >= 4 is 29.1 Å². The third kappa shape index (κ3) is 5.37. The monoisotopic (exact) mass is 355 g/mol. The van der Waals surface area contributed by atoms with Gasteiger partial charge in [0.2, 0.25) is 5.91 Å². The van der Waals surface area contributed by atoms with Gasteiger partial charge in [0.15, 0.2) is 0 Å². The van der Waals surface area contributed by atoms with Crippen LogP contribution in [0.5, 0.6) is 5.75 Å². The number of phenolic OH excluding ortho intramolecular Hbond substituents is 1. The predicted octanol–water partition coefficient (Wildman–Crippen LogP) is 2.75. The number of hydrogen-bond acceptors (Lipinski definition) is 5. The zero-order chi connectivity index (χ0) is 18.2. The molecule has 2 aromatic rings. The number of rotatable bonds is 5. The van der Waals surface area contributed by atoms with E-state index in [1.54, 1.807) is 30.3 Å². The number of benzene rings is 2. The Hall–Kier alpha value is -3.30. The number of imide groups is 1. The second-order valence-electron chi connectivity index (χ2n) is 5.02. The molecule has 0 spiro atoms. The smallest absolute Gasteiger partial charge is 0.270 e. The van der Waals surface area contributed by atoms with Crippen molar-refractivity contribution in [3.05, 3.63) is 70.9 Å². The number of phenols is 1. The second-order valence-corrected chi connectivity index (χ2v) is 5.45. The average Bonchev–Trinajstić information content (AvgIpc) is 2.59. The maximum atomic E-state index is 12.0. The standard InChI is InChI=1S/C18H14ClN3O3/c19-14-6-7-16(23)15(9-14)21-11-13(10-20)18(25)22-17(24)8-12-4-2-1-3-5-12/h1-7,9,11,21,23H,8H2,(H,22,24,25). The number of amides is 2. The maximum absolute atomic E-state index is 12.0. The Morgan fingerprint density at radius 2 is 1.92 bits per heavy atom. The SMILES string of the molecule is N#CC(=CNc1cc(Cl)ccc1O)C(=O)NC(=O)Cc1ccccc1. The molecule has 6 nitrogen and oxygen atoms in total. The fraction of sp³-hybridized carbons (Fsp3) is 0.0556. The molecule has 3 N–H and O–H groups in total. The second kappa shape index (κ2) is 8.52. The van der Waals surface area contributed by atoms with Crippen molar-refractivity contribution in [3.63, 3.8) is 0 Å². The van der Waals surface area contributed by atoms with Crippen molar-refractivity contribution in [1.82, 2.24) is 5.32 Å². The van der Waals surface area contributed by atoms with Crippen LogP contribution < -0.4 is 10.6 Å². The van der Waals surface area contributed by atoms with Crippen LogP contribution in [0.15, 0.2) is 60.3 Å². The molecule has 2 rings (SSSR count). The van der Waals surface area contributed by atoms with Gasteiger partial charge in [-0.05, 0) is 23.8 Å². The molecule has 25 heavy (non-hydrogen) atoms. The van der Waals surface area contributed by atoms with E-state index in [1.807, 2.05) is 6.07 Å². The number of nitriles is 1. The number of hydrogen-bond donors (Lipinski definition) is 3.